The molecule has 0 radical (unpaired) electrons. The number of nitrogens with one attached hydrogen (secondary N) is 2. The van der Waals surface area contributed by atoms with Gasteiger partial charge in [0.25, 0.3) is 5.91 Å². The predicted octanol–water partition coefficient (Wildman–Crippen LogP) is 1.38. The van der Waals surface area contributed by atoms with E-state index < -0.39 is 12.0 Å². The Morgan fingerprint density at radius 1 is 1.24 bits per heavy atom. The second-order valence-electron chi connectivity index (χ2n) is 5.63. The molecule has 1 unspecified atom stereocenters. The number of methoxy groups -OCH3 is 1. The molecule has 2 amide bonds. The van der Waals surface area contributed by atoms with Crippen molar-refractivity contribution >= 4 is 29.5 Å². The van der Waals surface area contributed by atoms with Crippen molar-refractivity contribution in [3.63, 3.8) is 0 Å². The first-order chi connectivity index (χ1) is 11.9. The third-order valence-electron chi connectivity index (χ3n) is 3.36. The number of aliphatic carboxylic acids is 1. The molecule has 25 heavy (non-hydrogen) atoms. The van der Waals surface area contributed by atoms with Gasteiger partial charge in [-0.1, -0.05) is 26.0 Å². The molecule has 0 saturated heterocycles. The van der Waals surface area contributed by atoms with E-state index in [9.17, 15) is 14.4 Å². The number of amides is 2. The van der Waals surface area contributed by atoms with Crippen LogP contribution in [0.3, 0.4) is 0 Å². The maximum Gasteiger partial charge on any atom is 0.313 e. The molecule has 8 heteroatoms. The first-order valence-electron chi connectivity index (χ1n) is 7.88. The van der Waals surface area contributed by atoms with E-state index in [0.29, 0.717) is 23.6 Å². The number of carboxylic acids is 1. The molecular formula is C17H24N2O5S. The van der Waals surface area contributed by atoms with Gasteiger partial charge in [0, 0.05) is 12.3 Å². The van der Waals surface area contributed by atoms with Crippen LogP contribution in [0.5, 0.6) is 5.75 Å². The zero-order valence-electron chi connectivity index (χ0n) is 14.6. The summed E-state index contributed by atoms with van der Waals surface area (Å²) in [6.07, 6.45) is 0. The van der Waals surface area contributed by atoms with Crippen LogP contribution in [0.25, 0.3) is 0 Å². The Bertz CT molecular complexity index is 606. The summed E-state index contributed by atoms with van der Waals surface area (Å²) in [5, 5.41) is 14.0. The second-order valence-corrected chi connectivity index (χ2v) is 6.74. The Morgan fingerprint density at radius 3 is 2.52 bits per heavy atom. The minimum atomic E-state index is -0.888. The number of carboxylic acid groups (broad SMARTS) is 1. The van der Waals surface area contributed by atoms with Gasteiger partial charge < -0.3 is 20.5 Å². The number of rotatable bonds is 10. The maximum atomic E-state index is 12.5. The SMILES string of the molecule is COc1ccccc1C(=O)NC(C(=O)NCCSCC(=O)O)C(C)C. The van der Waals surface area contributed by atoms with Crippen molar-refractivity contribution in [2.45, 2.75) is 19.9 Å². The largest absolute Gasteiger partial charge is 0.496 e. The first kappa shape index (κ1) is 20.8. The Labute approximate surface area is 151 Å². The number of carbonyl (C=O) groups is 3. The lowest BCUT2D eigenvalue weighted by Gasteiger charge is -2.22. The monoisotopic (exact) mass is 368 g/mol. The summed E-state index contributed by atoms with van der Waals surface area (Å²) in [6, 6.07) is 6.10. The smallest absolute Gasteiger partial charge is 0.313 e. The topological polar surface area (TPSA) is 105 Å². The van der Waals surface area contributed by atoms with Crippen LogP contribution in [0.1, 0.15) is 24.2 Å². The van der Waals surface area contributed by atoms with E-state index in [2.05, 4.69) is 10.6 Å². The van der Waals surface area contributed by atoms with Gasteiger partial charge in [-0.2, -0.15) is 0 Å². The quantitative estimate of drug-likeness (QED) is 0.539. The minimum Gasteiger partial charge on any atom is -0.496 e. The molecule has 1 aromatic carbocycles. The summed E-state index contributed by atoms with van der Waals surface area (Å²) in [5.74, 6) is -0.753. The number of benzene rings is 1. The zero-order valence-corrected chi connectivity index (χ0v) is 15.4. The van der Waals surface area contributed by atoms with Crippen molar-refractivity contribution in [1.82, 2.24) is 10.6 Å². The highest BCUT2D eigenvalue weighted by Crippen LogP contribution is 2.17. The van der Waals surface area contributed by atoms with Crippen molar-refractivity contribution in [2.75, 3.05) is 25.2 Å². The van der Waals surface area contributed by atoms with Gasteiger partial charge in [-0.15, -0.1) is 11.8 Å². The number of ether oxygens (including phenoxy) is 1. The molecule has 1 aromatic rings. The lowest BCUT2D eigenvalue weighted by Crippen LogP contribution is -2.50. The van der Waals surface area contributed by atoms with E-state index in [-0.39, 0.29) is 23.5 Å². The van der Waals surface area contributed by atoms with E-state index in [0.717, 1.165) is 0 Å². The van der Waals surface area contributed by atoms with Crippen molar-refractivity contribution < 1.29 is 24.2 Å². The molecule has 0 bridgehead atoms. The Hall–Kier alpha value is -2.22. The Morgan fingerprint density at radius 2 is 1.92 bits per heavy atom. The van der Waals surface area contributed by atoms with Crippen molar-refractivity contribution in [2.24, 2.45) is 5.92 Å². The predicted molar refractivity (Wildman–Crippen MR) is 97.1 cm³/mol. The summed E-state index contributed by atoms with van der Waals surface area (Å²) < 4.78 is 5.17. The molecule has 0 spiro atoms. The molecule has 0 aliphatic rings. The van der Waals surface area contributed by atoms with Crippen molar-refractivity contribution in [3.8, 4) is 5.75 Å². The highest BCUT2D eigenvalue weighted by atomic mass is 32.2. The van der Waals surface area contributed by atoms with Crippen LogP contribution in [0.2, 0.25) is 0 Å². The molecule has 0 aliphatic carbocycles. The second kappa shape index (κ2) is 10.6. The fraction of sp³-hybridized carbons (Fsp3) is 0.471. The average Bonchev–Trinajstić information content (AvgIpc) is 2.58. The number of carbonyl (C=O) groups excluding carboxylic acids is 2. The van der Waals surface area contributed by atoms with E-state index in [1.54, 1.807) is 24.3 Å². The Balaban J connectivity index is 2.62. The van der Waals surface area contributed by atoms with Gasteiger partial charge in [0.05, 0.1) is 18.4 Å². The van der Waals surface area contributed by atoms with E-state index in [4.69, 9.17) is 9.84 Å². The number of hydrogen-bond acceptors (Lipinski definition) is 5. The summed E-state index contributed by atoms with van der Waals surface area (Å²) in [7, 11) is 1.48. The first-order valence-corrected chi connectivity index (χ1v) is 9.03. The van der Waals surface area contributed by atoms with Gasteiger partial charge in [-0.3, -0.25) is 14.4 Å². The summed E-state index contributed by atoms with van der Waals surface area (Å²) >= 11 is 1.22. The van der Waals surface area contributed by atoms with Gasteiger partial charge in [0.1, 0.15) is 11.8 Å². The lowest BCUT2D eigenvalue weighted by molar-refractivity contribution is -0.133. The van der Waals surface area contributed by atoms with Crippen molar-refractivity contribution in [3.05, 3.63) is 29.8 Å². The highest BCUT2D eigenvalue weighted by molar-refractivity contribution is 7.99. The van der Waals surface area contributed by atoms with Gasteiger partial charge in [-0.05, 0) is 18.1 Å². The number of hydrogen-bond donors (Lipinski definition) is 3. The number of para-hydroxylation sites is 1. The molecule has 0 saturated carbocycles. The number of thioether (sulfide) groups is 1. The van der Waals surface area contributed by atoms with E-state index in [1.165, 1.54) is 18.9 Å². The zero-order chi connectivity index (χ0) is 18.8. The van der Waals surface area contributed by atoms with Crippen LogP contribution in [0, 0.1) is 5.92 Å². The molecule has 3 N–H and O–H groups in total. The molecule has 0 fully saturated rings. The normalized spacial score (nSPS) is 11.7. The average molecular weight is 368 g/mol. The van der Waals surface area contributed by atoms with Crippen LogP contribution in [-0.4, -0.2) is 54.1 Å². The molecule has 0 aliphatic heterocycles. The molecular weight excluding hydrogens is 344 g/mol. The van der Waals surface area contributed by atoms with Crippen LogP contribution < -0.4 is 15.4 Å². The van der Waals surface area contributed by atoms with E-state index in [1.807, 2.05) is 13.8 Å². The minimum absolute atomic E-state index is 0.00594. The fourth-order valence-electron chi connectivity index (χ4n) is 2.10. The molecule has 7 nitrogen and oxygen atoms in total. The third-order valence-corrected chi connectivity index (χ3v) is 4.30. The lowest BCUT2D eigenvalue weighted by atomic mass is 10.0. The van der Waals surface area contributed by atoms with E-state index >= 15 is 0 Å². The maximum absolute atomic E-state index is 12.5. The van der Waals surface area contributed by atoms with Crippen LogP contribution in [0.4, 0.5) is 0 Å². The van der Waals surface area contributed by atoms with Crippen molar-refractivity contribution in [1.29, 1.82) is 0 Å². The third kappa shape index (κ3) is 7.04. The molecule has 1 atom stereocenters. The van der Waals surface area contributed by atoms with Gasteiger partial charge in [0.2, 0.25) is 5.91 Å². The molecule has 138 valence electrons. The fourth-order valence-corrected chi connectivity index (χ4v) is 2.67. The molecule has 0 aromatic heterocycles. The Kier molecular flexibility index (Phi) is 8.83. The summed E-state index contributed by atoms with van der Waals surface area (Å²) in [5.41, 5.74) is 0.362. The standard InChI is InChI=1S/C17H24N2O5S/c1-11(2)15(17(23)18-8-9-25-10-14(20)21)19-16(22)12-6-4-5-7-13(12)24-3/h4-7,11,15H,8-10H2,1-3H3,(H,18,23)(H,19,22)(H,20,21). The van der Waals surface area contributed by atoms with Gasteiger partial charge >= 0.3 is 5.97 Å². The molecule has 1 rings (SSSR count). The van der Waals surface area contributed by atoms with Crippen LogP contribution >= 0.6 is 11.8 Å². The van der Waals surface area contributed by atoms with Gasteiger partial charge in [0.15, 0.2) is 0 Å². The van der Waals surface area contributed by atoms with Crippen LogP contribution in [-0.2, 0) is 9.59 Å². The highest BCUT2D eigenvalue weighted by Gasteiger charge is 2.25. The summed E-state index contributed by atoms with van der Waals surface area (Å²) in [4.78, 5) is 35.2. The molecule has 0 heterocycles. The summed E-state index contributed by atoms with van der Waals surface area (Å²) in [6.45, 7) is 4.02. The van der Waals surface area contributed by atoms with Gasteiger partial charge in [-0.25, -0.2) is 0 Å². The van der Waals surface area contributed by atoms with Crippen LogP contribution in [0.15, 0.2) is 24.3 Å².